The molecular weight excluding hydrogens is 248 g/mol. The molecule has 18 heavy (non-hydrogen) atoms. The van der Waals surface area contributed by atoms with Crippen molar-refractivity contribution in [1.82, 2.24) is 0 Å². The summed E-state index contributed by atoms with van der Waals surface area (Å²) >= 11 is 5.89. The van der Waals surface area contributed by atoms with Gasteiger partial charge < -0.3 is 4.42 Å². The van der Waals surface area contributed by atoms with E-state index in [0.717, 1.165) is 24.3 Å². The molecule has 0 spiro atoms. The van der Waals surface area contributed by atoms with Gasteiger partial charge in [-0.2, -0.15) is 0 Å². The molecule has 1 saturated carbocycles. The zero-order chi connectivity index (χ0) is 12.8. The molecule has 1 aromatic heterocycles. The van der Waals surface area contributed by atoms with Gasteiger partial charge in [0.05, 0.1) is 0 Å². The molecule has 0 radical (unpaired) electrons. The van der Waals surface area contributed by atoms with Crippen molar-refractivity contribution in [2.75, 3.05) is 0 Å². The van der Waals surface area contributed by atoms with Gasteiger partial charge in [0.2, 0.25) is 5.22 Å². The minimum Gasteiger partial charge on any atom is -0.411 e. The van der Waals surface area contributed by atoms with Gasteiger partial charge in [-0.1, -0.05) is 44.9 Å². The molecule has 0 N–H and O–H groups in total. The SMILES string of the molecule is O=c1ccc(CCCCC2CCCCC2)c(Cl)o1. The van der Waals surface area contributed by atoms with Gasteiger partial charge in [-0.3, -0.25) is 0 Å². The van der Waals surface area contributed by atoms with Gasteiger partial charge in [-0.15, -0.1) is 0 Å². The van der Waals surface area contributed by atoms with E-state index in [2.05, 4.69) is 0 Å². The molecule has 0 bridgehead atoms. The van der Waals surface area contributed by atoms with Crippen LogP contribution in [-0.4, -0.2) is 0 Å². The van der Waals surface area contributed by atoms with Gasteiger partial charge in [0.15, 0.2) is 0 Å². The van der Waals surface area contributed by atoms with Crippen molar-refractivity contribution in [3.8, 4) is 0 Å². The van der Waals surface area contributed by atoms with Crippen molar-refractivity contribution in [3.05, 3.63) is 33.3 Å². The van der Waals surface area contributed by atoms with E-state index in [1.807, 2.05) is 0 Å². The Balaban J connectivity index is 1.69. The van der Waals surface area contributed by atoms with Crippen LogP contribution in [0.4, 0.5) is 0 Å². The third-order valence-corrected chi connectivity index (χ3v) is 4.22. The molecule has 0 aliphatic heterocycles. The number of halogens is 1. The molecule has 0 atom stereocenters. The molecule has 2 nitrogen and oxygen atoms in total. The van der Waals surface area contributed by atoms with E-state index in [9.17, 15) is 4.79 Å². The number of rotatable bonds is 5. The van der Waals surface area contributed by atoms with Crippen molar-refractivity contribution in [3.63, 3.8) is 0 Å². The van der Waals surface area contributed by atoms with Crippen molar-refractivity contribution in [2.24, 2.45) is 5.92 Å². The Morgan fingerprint density at radius 1 is 1.17 bits per heavy atom. The van der Waals surface area contributed by atoms with E-state index < -0.39 is 0 Å². The summed E-state index contributed by atoms with van der Waals surface area (Å²) in [4.78, 5) is 10.9. The molecule has 1 aromatic rings. The van der Waals surface area contributed by atoms with Crippen LogP contribution in [-0.2, 0) is 6.42 Å². The van der Waals surface area contributed by atoms with Crippen molar-refractivity contribution >= 4 is 11.6 Å². The van der Waals surface area contributed by atoms with Crippen LogP contribution in [0, 0.1) is 5.92 Å². The highest BCUT2D eigenvalue weighted by molar-refractivity contribution is 6.29. The molecule has 0 aromatic carbocycles. The average molecular weight is 269 g/mol. The van der Waals surface area contributed by atoms with Gasteiger partial charge in [0.1, 0.15) is 0 Å². The fraction of sp³-hybridized carbons (Fsp3) is 0.667. The van der Waals surface area contributed by atoms with Crippen LogP contribution in [0.25, 0.3) is 0 Å². The van der Waals surface area contributed by atoms with Gasteiger partial charge in [-0.25, -0.2) is 4.79 Å². The highest BCUT2D eigenvalue weighted by Gasteiger charge is 2.12. The zero-order valence-corrected chi connectivity index (χ0v) is 11.5. The minimum absolute atomic E-state index is 0.264. The first kappa shape index (κ1) is 13.7. The Hall–Kier alpha value is -0.760. The van der Waals surface area contributed by atoms with E-state index in [1.165, 1.54) is 51.0 Å². The van der Waals surface area contributed by atoms with Crippen LogP contribution in [0.5, 0.6) is 0 Å². The molecule has 3 heteroatoms. The minimum atomic E-state index is -0.369. The summed E-state index contributed by atoms with van der Waals surface area (Å²) in [5.74, 6) is 0.947. The number of hydrogen-bond acceptors (Lipinski definition) is 2. The number of hydrogen-bond donors (Lipinski definition) is 0. The quantitative estimate of drug-likeness (QED) is 0.732. The molecule has 1 aliphatic carbocycles. The average Bonchev–Trinajstić information content (AvgIpc) is 2.38. The van der Waals surface area contributed by atoms with E-state index in [4.69, 9.17) is 16.0 Å². The summed E-state index contributed by atoms with van der Waals surface area (Å²) < 4.78 is 4.87. The topological polar surface area (TPSA) is 30.2 Å². The molecule has 0 unspecified atom stereocenters. The summed E-state index contributed by atoms with van der Waals surface area (Å²) in [6.07, 6.45) is 11.7. The maximum Gasteiger partial charge on any atom is 0.337 e. The number of unbranched alkanes of at least 4 members (excludes halogenated alkanes) is 1. The third kappa shape index (κ3) is 4.16. The number of aryl methyl sites for hydroxylation is 1. The summed E-state index contributed by atoms with van der Waals surface area (Å²) in [7, 11) is 0. The standard InChI is InChI=1S/C15H21ClO2/c16-15-13(10-11-14(17)18-15)9-5-4-8-12-6-2-1-3-7-12/h10-12H,1-9H2. The molecule has 1 aliphatic rings. The van der Waals surface area contributed by atoms with E-state index in [0.29, 0.717) is 0 Å². The van der Waals surface area contributed by atoms with Crippen molar-refractivity contribution < 1.29 is 4.42 Å². The summed E-state index contributed by atoms with van der Waals surface area (Å²) in [5.41, 5.74) is 0.589. The second-order valence-electron chi connectivity index (χ2n) is 5.30. The Labute approximate surface area is 113 Å². The molecule has 0 amide bonds. The molecule has 1 heterocycles. The van der Waals surface area contributed by atoms with Crippen LogP contribution >= 0.6 is 11.6 Å². The highest BCUT2D eigenvalue weighted by Crippen LogP contribution is 2.28. The zero-order valence-electron chi connectivity index (χ0n) is 10.8. The van der Waals surface area contributed by atoms with Crippen molar-refractivity contribution in [1.29, 1.82) is 0 Å². The largest absolute Gasteiger partial charge is 0.411 e. The van der Waals surface area contributed by atoms with Gasteiger partial charge in [0.25, 0.3) is 0 Å². The Kier molecular flexibility index (Phi) is 5.30. The van der Waals surface area contributed by atoms with Crippen molar-refractivity contribution in [2.45, 2.75) is 57.8 Å². The van der Waals surface area contributed by atoms with Gasteiger partial charge in [-0.05, 0) is 36.4 Å². The summed E-state index contributed by atoms with van der Waals surface area (Å²) in [6, 6.07) is 3.23. The highest BCUT2D eigenvalue weighted by atomic mass is 35.5. The Morgan fingerprint density at radius 3 is 2.67 bits per heavy atom. The maximum atomic E-state index is 10.9. The van der Waals surface area contributed by atoms with Crippen LogP contribution < -0.4 is 5.63 Å². The Bertz CT molecular complexity index is 419. The fourth-order valence-corrected chi connectivity index (χ4v) is 3.06. The predicted octanol–water partition coefficient (Wildman–Crippen LogP) is 4.59. The second-order valence-corrected chi connectivity index (χ2v) is 5.65. The Morgan fingerprint density at radius 2 is 1.94 bits per heavy atom. The lowest BCUT2D eigenvalue weighted by atomic mass is 9.85. The molecular formula is C15H21ClO2. The van der Waals surface area contributed by atoms with E-state index in [-0.39, 0.29) is 10.8 Å². The first-order chi connectivity index (χ1) is 8.75. The second kappa shape index (κ2) is 6.98. The molecule has 1 fully saturated rings. The van der Waals surface area contributed by atoms with Crippen LogP contribution in [0.2, 0.25) is 5.22 Å². The lowest BCUT2D eigenvalue weighted by Crippen LogP contribution is -2.06. The monoisotopic (exact) mass is 268 g/mol. The van der Waals surface area contributed by atoms with Crippen LogP contribution in [0.3, 0.4) is 0 Å². The summed E-state index contributed by atoms with van der Waals surface area (Å²) in [5, 5.41) is 0.264. The fourth-order valence-electron chi connectivity index (χ4n) is 2.83. The normalized spacial score (nSPS) is 16.9. The third-order valence-electron chi connectivity index (χ3n) is 3.90. The molecule has 100 valence electrons. The maximum absolute atomic E-state index is 10.9. The first-order valence-electron chi connectivity index (χ1n) is 7.04. The van der Waals surface area contributed by atoms with Crippen LogP contribution in [0.1, 0.15) is 56.9 Å². The summed E-state index contributed by atoms with van der Waals surface area (Å²) in [6.45, 7) is 0. The molecule has 0 saturated heterocycles. The molecule has 2 rings (SSSR count). The van der Waals surface area contributed by atoms with Crippen LogP contribution in [0.15, 0.2) is 21.3 Å². The van der Waals surface area contributed by atoms with Gasteiger partial charge in [0, 0.05) is 11.6 Å². The smallest absolute Gasteiger partial charge is 0.337 e. The first-order valence-corrected chi connectivity index (χ1v) is 7.42. The van der Waals surface area contributed by atoms with E-state index in [1.54, 1.807) is 6.07 Å². The van der Waals surface area contributed by atoms with E-state index >= 15 is 0 Å². The lowest BCUT2D eigenvalue weighted by Gasteiger charge is -2.21. The van der Waals surface area contributed by atoms with Gasteiger partial charge >= 0.3 is 5.63 Å². The lowest BCUT2D eigenvalue weighted by molar-refractivity contribution is 0.329. The predicted molar refractivity (Wildman–Crippen MR) is 74.1 cm³/mol.